The first-order valence-electron chi connectivity index (χ1n) is 6.20. The van der Waals surface area contributed by atoms with Crippen molar-refractivity contribution in [3.8, 4) is 0 Å². The lowest BCUT2D eigenvalue weighted by molar-refractivity contribution is 0.0986. The molecule has 100 valence electrons. The molecule has 0 saturated carbocycles. The van der Waals surface area contributed by atoms with Crippen LogP contribution in [-0.4, -0.2) is 20.5 Å². The van der Waals surface area contributed by atoms with Gasteiger partial charge < -0.3 is 0 Å². The molecular formula is C15H12BrN3O. The number of pyridine rings is 1. The van der Waals surface area contributed by atoms with Crippen molar-refractivity contribution in [2.24, 2.45) is 7.05 Å². The largest absolute Gasteiger partial charge is 0.292 e. The van der Waals surface area contributed by atoms with E-state index in [4.69, 9.17) is 0 Å². The van der Waals surface area contributed by atoms with Gasteiger partial charge in [-0.15, -0.1) is 0 Å². The number of benzene rings is 1. The molecule has 0 aliphatic rings. The van der Waals surface area contributed by atoms with Crippen LogP contribution in [-0.2, 0) is 13.5 Å². The molecule has 0 amide bonds. The minimum absolute atomic E-state index is 0.0404. The number of nitrogens with zero attached hydrogens (tertiary/aromatic N) is 3. The van der Waals surface area contributed by atoms with E-state index in [1.807, 2.05) is 49.6 Å². The third kappa shape index (κ3) is 2.49. The Bertz CT molecular complexity index is 795. The fourth-order valence-corrected chi connectivity index (χ4v) is 2.65. The summed E-state index contributed by atoms with van der Waals surface area (Å²) >= 11 is 3.43. The average molecular weight is 330 g/mol. The monoisotopic (exact) mass is 329 g/mol. The Morgan fingerprint density at radius 1 is 1.30 bits per heavy atom. The summed E-state index contributed by atoms with van der Waals surface area (Å²) in [6, 6.07) is 11.5. The van der Waals surface area contributed by atoms with Gasteiger partial charge in [-0.05, 0) is 34.1 Å². The number of rotatable bonds is 3. The number of hydrogen-bond acceptors (Lipinski definition) is 3. The van der Waals surface area contributed by atoms with E-state index in [9.17, 15) is 4.79 Å². The Morgan fingerprint density at radius 3 is 2.85 bits per heavy atom. The molecule has 0 radical (unpaired) electrons. The minimum atomic E-state index is -0.0404. The fourth-order valence-electron chi connectivity index (χ4n) is 2.09. The van der Waals surface area contributed by atoms with Crippen LogP contribution >= 0.6 is 15.9 Å². The predicted octanol–water partition coefficient (Wildman–Crippen LogP) is 3.16. The van der Waals surface area contributed by atoms with Crippen molar-refractivity contribution in [3.05, 3.63) is 58.5 Å². The van der Waals surface area contributed by atoms with Crippen molar-refractivity contribution >= 4 is 32.6 Å². The van der Waals surface area contributed by atoms with Crippen molar-refractivity contribution in [2.45, 2.75) is 6.42 Å². The van der Waals surface area contributed by atoms with Crippen LogP contribution in [0.3, 0.4) is 0 Å². The van der Waals surface area contributed by atoms with E-state index < -0.39 is 0 Å². The quantitative estimate of drug-likeness (QED) is 0.693. The number of fused-ring (bicyclic) bond motifs is 1. The van der Waals surface area contributed by atoms with Crippen molar-refractivity contribution in [2.75, 3.05) is 0 Å². The van der Waals surface area contributed by atoms with Gasteiger partial charge in [0, 0.05) is 23.1 Å². The van der Waals surface area contributed by atoms with Gasteiger partial charge in [0.2, 0.25) is 0 Å². The molecule has 0 saturated heterocycles. The maximum absolute atomic E-state index is 12.3. The van der Waals surface area contributed by atoms with Crippen LogP contribution in [0.5, 0.6) is 0 Å². The van der Waals surface area contributed by atoms with E-state index in [1.165, 1.54) is 0 Å². The molecule has 2 aromatic heterocycles. The molecule has 0 spiro atoms. The summed E-state index contributed by atoms with van der Waals surface area (Å²) in [5.41, 5.74) is 2.02. The van der Waals surface area contributed by atoms with Crippen LogP contribution in [0.4, 0.5) is 0 Å². The molecule has 3 aromatic rings. The maximum atomic E-state index is 12.3. The normalized spacial score (nSPS) is 10.9. The molecule has 4 nitrogen and oxygen atoms in total. The first-order chi connectivity index (χ1) is 9.63. The van der Waals surface area contributed by atoms with E-state index in [-0.39, 0.29) is 12.2 Å². The molecule has 0 aliphatic heterocycles. The molecule has 1 aromatic carbocycles. The smallest absolute Gasteiger partial charge is 0.188 e. The number of aryl methyl sites for hydroxylation is 1. The van der Waals surface area contributed by atoms with Crippen molar-refractivity contribution < 1.29 is 4.79 Å². The second kappa shape index (κ2) is 5.17. The molecule has 0 unspecified atom stereocenters. The third-order valence-corrected chi connectivity index (χ3v) is 3.66. The van der Waals surface area contributed by atoms with E-state index >= 15 is 0 Å². The molecule has 2 heterocycles. The van der Waals surface area contributed by atoms with Gasteiger partial charge in [-0.3, -0.25) is 9.48 Å². The molecule has 0 fully saturated rings. The highest BCUT2D eigenvalue weighted by atomic mass is 79.9. The van der Waals surface area contributed by atoms with Gasteiger partial charge in [0.05, 0.1) is 17.6 Å². The molecule has 0 atom stereocenters. The number of aromatic nitrogens is 3. The van der Waals surface area contributed by atoms with Crippen LogP contribution in [0.1, 0.15) is 16.2 Å². The zero-order valence-electron chi connectivity index (χ0n) is 10.9. The molecule has 0 aliphatic carbocycles. The van der Waals surface area contributed by atoms with Crippen LogP contribution in [0.2, 0.25) is 0 Å². The minimum Gasteiger partial charge on any atom is -0.292 e. The summed E-state index contributed by atoms with van der Waals surface area (Å²) in [4.78, 5) is 16.8. The molecule has 0 N–H and O–H groups in total. The molecular weight excluding hydrogens is 318 g/mol. The summed E-state index contributed by atoms with van der Waals surface area (Å²) in [6.07, 6.45) is 2.08. The van der Waals surface area contributed by atoms with Gasteiger partial charge in [0.1, 0.15) is 5.69 Å². The van der Waals surface area contributed by atoms with Crippen LogP contribution in [0.15, 0.2) is 47.1 Å². The first kappa shape index (κ1) is 13.0. The van der Waals surface area contributed by atoms with E-state index in [1.54, 1.807) is 4.68 Å². The standard InChI is InChI=1S/C15H12BrN3O/c1-19-7-6-11(18-19)9-14(20)15-12(16)8-10-4-2-3-5-13(10)17-15/h2-8H,9H2,1H3. The van der Waals surface area contributed by atoms with E-state index in [0.29, 0.717) is 5.69 Å². The number of carbonyl (C=O) groups excluding carboxylic acids is 1. The number of halogens is 1. The fraction of sp³-hybridized carbons (Fsp3) is 0.133. The highest BCUT2D eigenvalue weighted by Gasteiger charge is 2.15. The lowest BCUT2D eigenvalue weighted by Gasteiger charge is -2.04. The van der Waals surface area contributed by atoms with E-state index in [0.717, 1.165) is 21.1 Å². The van der Waals surface area contributed by atoms with Gasteiger partial charge in [0.25, 0.3) is 0 Å². The van der Waals surface area contributed by atoms with Crippen LogP contribution in [0.25, 0.3) is 10.9 Å². The second-order valence-corrected chi connectivity index (χ2v) is 5.45. The Morgan fingerprint density at radius 2 is 2.10 bits per heavy atom. The zero-order valence-corrected chi connectivity index (χ0v) is 12.5. The number of Topliss-reactive ketones (excluding diaryl/α,β-unsaturated/α-hetero) is 1. The topological polar surface area (TPSA) is 47.8 Å². The van der Waals surface area contributed by atoms with E-state index in [2.05, 4.69) is 26.0 Å². The summed E-state index contributed by atoms with van der Waals surface area (Å²) < 4.78 is 2.41. The van der Waals surface area contributed by atoms with Crippen molar-refractivity contribution in [3.63, 3.8) is 0 Å². The Hall–Kier alpha value is -2.01. The van der Waals surface area contributed by atoms with Gasteiger partial charge in [0.15, 0.2) is 5.78 Å². The van der Waals surface area contributed by atoms with Crippen molar-refractivity contribution in [1.82, 2.24) is 14.8 Å². The highest BCUT2D eigenvalue weighted by molar-refractivity contribution is 9.10. The second-order valence-electron chi connectivity index (χ2n) is 4.59. The molecule has 20 heavy (non-hydrogen) atoms. The summed E-state index contributed by atoms with van der Waals surface area (Å²) in [5.74, 6) is -0.0404. The Labute approximate surface area is 124 Å². The van der Waals surface area contributed by atoms with Crippen molar-refractivity contribution in [1.29, 1.82) is 0 Å². The Kier molecular flexibility index (Phi) is 3.36. The first-order valence-corrected chi connectivity index (χ1v) is 7.00. The molecule has 0 bridgehead atoms. The van der Waals surface area contributed by atoms with Crippen LogP contribution in [0, 0.1) is 0 Å². The zero-order chi connectivity index (χ0) is 14.1. The van der Waals surface area contributed by atoms with Gasteiger partial charge in [-0.2, -0.15) is 5.10 Å². The number of para-hydroxylation sites is 1. The SMILES string of the molecule is Cn1ccc(CC(=O)c2nc3ccccc3cc2Br)n1. The number of carbonyl (C=O) groups is 1. The van der Waals surface area contributed by atoms with Crippen LogP contribution < -0.4 is 0 Å². The van der Waals surface area contributed by atoms with Gasteiger partial charge in [-0.25, -0.2) is 4.98 Å². The Balaban J connectivity index is 1.96. The predicted molar refractivity (Wildman–Crippen MR) is 80.7 cm³/mol. The molecule has 3 rings (SSSR count). The lowest BCUT2D eigenvalue weighted by atomic mass is 10.1. The number of hydrogen-bond donors (Lipinski definition) is 0. The van der Waals surface area contributed by atoms with Gasteiger partial charge >= 0.3 is 0 Å². The average Bonchev–Trinajstić information content (AvgIpc) is 2.83. The summed E-state index contributed by atoms with van der Waals surface area (Å²) in [7, 11) is 1.83. The number of ketones is 1. The highest BCUT2D eigenvalue weighted by Crippen LogP contribution is 2.22. The third-order valence-electron chi connectivity index (χ3n) is 3.05. The summed E-state index contributed by atoms with van der Waals surface area (Å²) in [5, 5.41) is 5.23. The molecule has 5 heteroatoms. The maximum Gasteiger partial charge on any atom is 0.188 e. The van der Waals surface area contributed by atoms with Gasteiger partial charge in [-0.1, -0.05) is 18.2 Å². The summed E-state index contributed by atoms with van der Waals surface area (Å²) in [6.45, 7) is 0. The lowest BCUT2D eigenvalue weighted by Crippen LogP contribution is -2.08.